The predicted octanol–water partition coefficient (Wildman–Crippen LogP) is 5.07. The molecule has 2 aromatic carbocycles. The molecule has 0 N–H and O–H groups in total. The van der Waals surface area contributed by atoms with Crippen molar-refractivity contribution in [1.29, 1.82) is 0 Å². The largest absolute Gasteiger partial charge is 0.399 e. The number of hydrogen-bond acceptors (Lipinski definition) is 4. The Balaban J connectivity index is 1.67. The molecule has 2 heterocycles. The van der Waals surface area contributed by atoms with E-state index in [4.69, 9.17) is 18.6 Å². The van der Waals surface area contributed by atoms with Gasteiger partial charge in [-0.05, 0) is 29.3 Å². The molecule has 32 heavy (non-hydrogen) atoms. The SMILES string of the molecule is CC1(C)O[C@H]2O[C@@]3(CC3(Br)Br)C(O[Si](c3ccccc3)(c3ccccc3)C(C)(C)C)[C@@H]2O1. The molecule has 1 saturated carbocycles. The van der Waals surface area contributed by atoms with Gasteiger partial charge in [0.2, 0.25) is 0 Å². The van der Waals surface area contributed by atoms with Gasteiger partial charge in [-0.2, -0.15) is 0 Å². The van der Waals surface area contributed by atoms with Gasteiger partial charge in [0.25, 0.3) is 8.32 Å². The van der Waals surface area contributed by atoms with Crippen molar-refractivity contribution in [1.82, 2.24) is 0 Å². The summed E-state index contributed by atoms with van der Waals surface area (Å²) in [4.78, 5) is 0. The van der Waals surface area contributed by atoms with Gasteiger partial charge in [-0.15, -0.1) is 0 Å². The van der Waals surface area contributed by atoms with E-state index in [9.17, 15) is 0 Å². The first-order valence-electron chi connectivity index (χ1n) is 11.1. The highest BCUT2D eigenvalue weighted by Gasteiger charge is 2.80. The van der Waals surface area contributed by atoms with Crippen molar-refractivity contribution in [3.05, 3.63) is 60.7 Å². The van der Waals surface area contributed by atoms with Crippen LogP contribution in [-0.4, -0.2) is 41.4 Å². The van der Waals surface area contributed by atoms with E-state index < -0.39 is 26.0 Å². The monoisotopic (exact) mass is 580 g/mol. The standard InChI is InChI=1S/C25H30Br2O4Si/c1-22(2,3)32(17-12-8-6-9-13-17,18-14-10-7-11-15-18)31-20-19-21(29-23(4,5)28-19)30-24(20)16-25(24,26)27/h6-15,19-21H,16H2,1-5H3/t19-,20?,21-,24-/m0/s1. The first kappa shape index (κ1) is 23.2. The summed E-state index contributed by atoms with van der Waals surface area (Å²) in [5.74, 6) is -0.708. The fraction of sp³-hybridized carbons (Fsp3) is 0.520. The molecule has 0 bridgehead atoms. The van der Waals surface area contributed by atoms with Crippen molar-refractivity contribution in [2.24, 2.45) is 0 Å². The molecule has 4 nitrogen and oxygen atoms in total. The second-order valence-electron chi connectivity index (χ2n) is 10.6. The molecule has 3 fully saturated rings. The average molecular weight is 582 g/mol. The molecule has 3 aliphatic rings. The minimum Gasteiger partial charge on any atom is -0.399 e. The quantitative estimate of drug-likeness (QED) is 0.373. The third-order valence-electron chi connectivity index (χ3n) is 6.87. The van der Waals surface area contributed by atoms with Crippen LogP contribution in [0.15, 0.2) is 60.7 Å². The number of alkyl halides is 2. The van der Waals surface area contributed by atoms with E-state index in [1.54, 1.807) is 0 Å². The van der Waals surface area contributed by atoms with Gasteiger partial charge in [0.05, 0.1) is 0 Å². The van der Waals surface area contributed by atoms with E-state index in [2.05, 4.69) is 113 Å². The third kappa shape index (κ3) is 3.42. The number of fused-ring (bicyclic) bond motifs is 1. The Morgan fingerprint density at radius 2 is 1.38 bits per heavy atom. The first-order valence-corrected chi connectivity index (χ1v) is 14.6. The zero-order chi connectivity index (χ0) is 23.0. The molecular formula is C25H30Br2O4Si. The summed E-state index contributed by atoms with van der Waals surface area (Å²) in [5.41, 5.74) is -0.550. The number of hydrogen-bond donors (Lipinski definition) is 0. The van der Waals surface area contributed by atoms with Gasteiger partial charge in [-0.25, -0.2) is 0 Å². The third-order valence-corrected chi connectivity index (χ3v) is 13.8. The van der Waals surface area contributed by atoms with Crippen LogP contribution in [0.4, 0.5) is 0 Å². The minimum atomic E-state index is -2.79. The second kappa shape index (κ2) is 7.48. The summed E-state index contributed by atoms with van der Waals surface area (Å²) in [6.07, 6.45) is -0.267. The molecule has 2 saturated heterocycles. The van der Waals surface area contributed by atoms with Crippen molar-refractivity contribution >= 4 is 50.6 Å². The Hall–Kier alpha value is -0.543. The van der Waals surface area contributed by atoms with Crippen LogP contribution >= 0.6 is 31.9 Å². The lowest BCUT2D eigenvalue weighted by molar-refractivity contribution is -0.218. The summed E-state index contributed by atoms with van der Waals surface area (Å²) >= 11 is 7.67. The maximum absolute atomic E-state index is 7.51. The van der Waals surface area contributed by atoms with E-state index in [1.165, 1.54) is 10.4 Å². The maximum Gasteiger partial charge on any atom is 0.261 e. The van der Waals surface area contributed by atoms with Gasteiger partial charge >= 0.3 is 0 Å². The van der Waals surface area contributed by atoms with E-state index >= 15 is 0 Å². The molecule has 0 amide bonds. The molecule has 7 heteroatoms. The van der Waals surface area contributed by atoms with Crippen LogP contribution in [0.2, 0.25) is 5.04 Å². The lowest BCUT2D eigenvalue weighted by atomic mass is 10.1. The number of benzene rings is 2. The molecule has 2 aliphatic heterocycles. The molecular weight excluding hydrogens is 552 g/mol. The molecule has 1 aliphatic carbocycles. The van der Waals surface area contributed by atoms with Gasteiger partial charge in [0, 0.05) is 6.42 Å². The summed E-state index contributed by atoms with van der Waals surface area (Å²) < 4.78 is 26.2. The number of halogens is 2. The van der Waals surface area contributed by atoms with Crippen LogP contribution in [0.25, 0.3) is 0 Å². The molecule has 1 unspecified atom stereocenters. The molecule has 1 spiro atoms. The van der Waals surface area contributed by atoms with Crippen LogP contribution in [0.3, 0.4) is 0 Å². The highest BCUT2D eigenvalue weighted by Crippen LogP contribution is 2.69. The predicted molar refractivity (Wildman–Crippen MR) is 135 cm³/mol. The Bertz CT molecular complexity index is 953. The van der Waals surface area contributed by atoms with Gasteiger partial charge in [0.1, 0.15) is 21.0 Å². The zero-order valence-electron chi connectivity index (χ0n) is 19.1. The number of ether oxygens (including phenoxy) is 3. The van der Waals surface area contributed by atoms with Crippen LogP contribution in [0, 0.1) is 0 Å². The van der Waals surface area contributed by atoms with Gasteiger partial charge in [0.15, 0.2) is 12.1 Å². The molecule has 0 radical (unpaired) electrons. The second-order valence-corrected chi connectivity index (χ2v) is 18.6. The Morgan fingerprint density at radius 1 is 0.875 bits per heavy atom. The molecule has 0 aromatic heterocycles. The van der Waals surface area contributed by atoms with Crippen molar-refractivity contribution in [3.8, 4) is 0 Å². The van der Waals surface area contributed by atoms with Gasteiger partial charge < -0.3 is 18.6 Å². The summed E-state index contributed by atoms with van der Waals surface area (Å²) in [6, 6.07) is 21.4. The zero-order valence-corrected chi connectivity index (χ0v) is 23.3. The van der Waals surface area contributed by atoms with E-state index in [-0.39, 0.29) is 20.5 Å². The average Bonchev–Trinajstić information content (AvgIpc) is 2.97. The van der Waals surface area contributed by atoms with Crippen LogP contribution < -0.4 is 10.4 Å². The number of rotatable bonds is 4. The van der Waals surface area contributed by atoms with Crippen molar-refractivity contribution < 1.29 is 18.6 Å². The van der Waals surface area contributed by atoms with Crippen LogP contribution in [0.1, 0.15) is 41.0 Å². The fourth-order valence-electron chi connectivity index (χ4n) is 5.36. The highest BCUT2D eigenvalue weighted by atomic mass is 79.9. The molecule has 5 rings (SSSR count). The van der Waals surface area contributed by atoms with Gasteiger partial charge in [-0.1, -0.05) is 113 Å². The van der Waals surface area contributed by atoms with E-state index in [1.807, 2.05) is 13.8 Å². The van der Waals surface area contributed by atoms with Crippen molar-refractivity contribution in [3.63, 3.8) is 0 Å². The maximum atomic E-state index is 7.51. The normalized spacial score (nSPS) is 32.8. The topological polar surface area (TPSA) is 36.9 Å². The lowest BCUT2D eigenvalue weighted by Gasteiger charge is -2.46. The molecule has 4 atom stereocenters. The summed E-state index contributed by atoms with van der Waals surface area (Å²) in [6.45, 7) is 10.7. The highest BCUT2D eigenvalue weighted by molar-refractivity contribution is 9.25. The first-order chi connectivity index (χ1) is 14.9. The Labute approximate surface area is 208 Å². The fourth-order valence-corrected chi connectivity index (χ4v) is 11.6. The van der Waals surface area contributed by atoms with Crippen LogP contribution in [0.5, 0.6) is 0 Å². The minimum absolute atomic E-state index is 0.139. The van der Waals surface area contributed by atoms with E-state index in [0.29, 0.717) is 0 Å². The lowest BCUT2D eigenvalue weighted by Crippen LogP contribution is -2.69. The summed E-state index contributed by atoms with van der Waals surface area (Å²) in [7, 11) is -2.79. The molecule has 172 valence electrons. The van der Waals surface area contributed by atoms with Crippen LogP contribution in [-0.2, 0) is 18.6 Å². The smallest absolute Gasteiger partial charge is 0.261 e. The summed E-state index contributed by atoms with van der Waals surface area (Å²) in [5, 5.41) is 2.34. The van der Waals surface area contributed by atoms with Crippen molar-refractivity contribution in [2.75, 3.05) is 0 Å². The Morgan fingerprint density at radius 3 is 1.81 bits per heavy atom. The molecule has 2 aromatic rings. The van der Waals surface area contributed by atoms with Crippen molar-refractivity contribution in [2.45, 2.75) is 79.2 Å². The van der Waals surface area contributed by atoms with E-state index in [0.717, 1.165) is 6.42 Å². The van der Waals surface area contributed by atoms with Gasteiger partial charge in [-0.3, -0.25) is 0 Å². The Kier molecular flexibility index (Phi) is 5.42.